The topological polar surface area (TPSA) is 74.2 Å². The maximum atomic E-state index is 11.7. The first-order valence-electron chi connectivity index (χ1n) is 8.45. The molecule has 0 aromatic heterocycles. The number of hydrogen-bond donors (Lipinski definition) is 1. The lowest BCUT2D eigenvalue weighted by Gasteiger charge is -2.34. The molecule has 1 heterocycles. The molecule has 0 bridgehead atoms. The summed E-state index contributed by atoms with van der Waals surface area (Å²) in [4.78, 5) is 6.56. The second-order valence-electron chi connectivity index (χ2n) is 5.69. The summed E-state index contributed by atoms with van der Waals surface area (Å²) in [5.41, 5.74) is 0. The van der Waals surface area contributed by atoms with E-state index >= 15 is 0 Å². The molecule has 9 heteroatoms. The Kier molecular flexibility index (Phi) is 12.2. The molecule has 0 aromatic carbocycles. The third kappa shape index (κ3) is 7.83. The van der Waals surface area contributed by atoms with Gasteiger partial charge in [0.05, 0.1) is 11.9 Å². The molecular weight excluding hydrogens is 443 g/mol. The van der Waals surface area contributed by atoms with Gasteiger partial charge in [-0.25, -0.2) is 12.7 Å². The van der Waals surface area contributed by atoms with Crippen molar-refractivity contribution in [2.45, 2.75) is 39.2 Å². The fourth-order valence-corrected chi connectivity index (χ4v) is 3.51. The van der Waals surface area contributed by atoms with E-state index in [1.165, 1.54) is 4.31 Å². The van der Waals surface area contributed by atoms with Crippen LogP contribution in [0.25, 0.3) is 0 Å². The van der Waals surface area contributed by atoms with Crippen LogP contribution >= 0.6 is 24.0 Å². The Balaban J connectivity index is 0.00000529. The minimum atomic E-state index is -3.09. The molecule has 144 valence electrons. The van der Waals surface area contributed by atoms with Crippen LogP contribution in [0.3, 0.4) is 0 Å². The molecule has 0 saturated carbocycles. The Hall–Kier alpha value is -0.130. The van der Waals surface area contributed by atoms with Crippen molar-refractivity contribution in [3.8, 4) is 0 Å². The minimum absolute atomic E-state index is 0. The normalized spacial score (nSPS) is 17.0. The molecule has 1 saturated heterocycles. The van der Waals surface area contributed by atoms with Gasteiger partial charge >= 0.3 is 0 Å². The van der Waals surface area contributed by atoms with Gasteiger partial charge in [0.15, 0.2) is 5.96 Å². The number of piperidine rings is 1. The van der Waals surface area contributed by atoms with Crippen molar-refractivity contribution in [3.05, 3.63) is 0 Å². The molecule has 1 aliphatic rings. The molecule has 1 N–H and O–H groups in total. The Morgan fingerprint density at radius 3 is 2.46 bits per heavy atom. The number of sulfonamides is 1. The Labute approximate surface area is 164 Å². The Morgan fingerprint density at radius 2 is 1.96 bits per heavy atom. The number of likely N-dealkylation sites (tertiary alicyclic amines) is 1. The van der Waals surface area contributed by atoms with E-state index in [9.17, 15) is 8.42 Å². The van der Waals surface area contributed by atoms with Crippen LogP contribution in [-0.4, -0.2) is 82.3 Å². The van der Waals surface area contributed by atoms with E-state index in [-0.39, 0.29) is 29.7 Å². The van der Waals surface area contributed by atoms with Crippen molar-refractivity contribution >= 4 is 40.0 Å². The zero-order valence-electron chi connectivity index (χ0n) is 15.3. The lowest BCUT2D eigenvalue weighted by atomic mass is 10.1. The van der Waals surface area contributed by atoms with E-state index in [1.807, 2.05) is 6.92 Å². The lowest BCUT2D eigenvalue weighted by molar-refractivity contribution is 0.0264. The number of nitrogens with zero attached hydrogens (tertiary/aromatic N) is 3. The molecule has 1 rings (SSSR count). The van der Waals surface area contributed by atoms with Crippen LogP contribution in [0.1, 0.15) is 33.1 Å². The number of hydrogen-bond acceptors (Lipinski definition) is 4. The molecule has 0 atom stereocenters. The van der Waals surface area contributed by atoms with Gasteiger partial charge in [0.2, 0.25) is 10.0 Å². The van der Waals surface area contributed by atoms with E-state index in [0.717, 1.165) is 44.9 Å². The van der Waals surface area contributed by atoms with Crippen LogP contribution in [0.2, 0.25) is 0 Å². The molecule has 7 nitrogen and oxygen atoms in total. The van der Waals surface area contributed by atoms with Crippen LogP contribution in [0.5, 0.6) is 0 Å². The highest BCUT2D eigenvalue weighted by molar-refractivity contribution is 14.0. The van der Waals surface area contributed by atoms with Crippen LogP contribution in [0.15, 0.2) is 4.99 Å². The highest BCUT2D eigenvalue weighted by Crippen LogP contribution is 2.13. The van der Waals surface area contributed by atoms with E-state index in [1.54, 1.807) is 21.0 Å². The fourth-order valence-electron chi connectivity index (χ4n) is 2.66. The maximum Gasteiger partial charge on any atom is 0.213 e. The average Bonchev–Trinajstić information content (AvgIpc) is 2.56. The first kappa shape index (κ1) is 23.9. The molecule has 1 aliphatic heterocycles. The van der Waals surface area contributed by atoms with Crippen molar-refractivity contribution in [2.75, 3.05) is 52.6 Å². The third-order valence-electron chi connectivity index (χ3n) is 4.13. The molecular formula is C15H33IN4O3S. The quantitative estimate of drug-likeness (QED) is 0.248. The van der Waals surface area contributed by atoms with Gasteiger partial charge < -0.3 is 15.0 Å². The van der Waals surface area contributed by atoms with Crippen molar-refractivity contribution in [2.24, 2.45) is 4.99 Å². The molecule has 0 radical (unpaired) electrons. The fraction of sp³-hybridized carbons (Fsp3) is 0.933. The number of guanidine groups is 1. The zero-order chi connectivity index (χ0) is 17.3. The van der Waals surface area contributed by atoms with Gasteiger partial charge in [-0.1, -0.05) is 0 Å². The van der Waals surface area contributed by atoms with Gasteiger partial charge in [-0.05, 0) is 33.1 Å². The van der Waals surface area contributed by atoms with Gasteiger partial charge in [0.25, 0.3) is 0 Å². The summed E-state index contributed by atoms with van der Waals surface area (Å²) in [6.45, 7) is 7.57. The van der Waals surface area contributed by atoms with Crippen molar-refractivity contribution in [3.63, 3.8) is 0 Å². The van der Waals surface area contributed by atoms with E-state index in [2.05, 4.69) is 15.2 Å². The molecule has 0 spiro atoms. The first-order chi connectivity index (χ1) is 10.9. The predicted octanol–water partition coefficient (Wildman–Crippen LogP) is 1.35. The highest BCUT2D eigenvalue weighted by atomic mass is 127. The van der Waals surface area contributed by atoms with Gasteiger partial charge in [-0.3, -0.25) is 4.99 Å². The Morgan fingerprint density at radius 1 is 1.33 bits per heavy atom. The van der Waals surface area contributed by atoms with E-state index in [0.29, 0.717) is 19.2 Å². The van der Waals surface area contributed by atoms with E-state index in [4.69, 9.17) is 4.74 Å². The van der Waals surface area contributed by atoms with Crippen LogP contribution < -0.4 is 5.32 Å². The van der Waals surface area contributed by atoms with Crippen molar-refractivity contribution in [1.29, 1.82) is 0 Å². The number of aliphatic imine (C=N–C) groups is 1. The largest absolute Gasteiger partial charge is 0.378 e. The molecule has 0 amide bonds. The third-order valence-corrected chi connectivity index (χ3v) is 5.99. The predicted molar refractivity (Wildman–Crippen MR) is 110 cm³/mol. The molecule has 0 unspecified atom stereocenters. The van der Waals surface area contributed by atoms with Crippen LogP contribution in [-0.2, 0) is 14.8 Å². The average molecular weight is 476 g/mol. The van der Waals surface area contributed by atoms with Crippen LogP contribution in [0.4, 0.5) is 0 Å². The standard InChI is InChI=1S/C15H32N4O3S.HI/c1-5-22-14-8-12-19(13-9-14)15(16-3)17-10-7-11-18(4)23(20,21)6-2;/h14H,5-13H2,1-4H3,(H,16,17);1H. The summed E-state index contributed by atoms with van der Waals surface area (Å²) >= 11 is 0. The molecule has 24 heavy (non-hydrogen) atoms. The van der Waals surface area contributed by atoms with Gasteiger partial charge in [-0.2, -0.15) is 0 Å². The smallest absolute Gasteiger partial charge is 0.213 e. The summed E-state index contributed by atoms with van der Waals surface area (Å²) < 4.78 is 30.4. The van der Waals surface area contributed by atoms with Gasteiger partial charge in [0, 0.05) is 46.9 Å². The second kappa shape index (κ2) is 12.3. The SMILES string of the molecule is CCOC1CCN(C(=NC)NCCCN(C)S(=O)(=O)CC)CC1.I. The maximum absolute atomic E-state index is 11.7. The summed E-state index contributed by atoms with van der Waals surface area (Å²) in [5.74, 6) is 1.04. The van der Waals surface area contributed by atoms with Gasteiger partial charge in [0.1, 0.15) is 0 Å². The Bertz CT molecular complexity index is 465. The number of halogens is 1. The molecule has 0 aliphatic carbocycles. The first-order valence-corrected chi connectivity index (χ1v) is 10.1. The summed E-state index contributed by atoms with van der Waals surface area (Å²) in [6, 6.07) is 0. The van der Waals surface area contributed by atoms with Gasteiger partial charge in [-0.15, -0.1) is 24.0 Å². The monoisotopic (exact) mass is 476 g/mol. The van der Waals surface area contributed by atoms with Crippen molar-refractivity contribution in [1.82, 2.24) is 14.5 Å². The lowest BCUT2D eigenvalue weighted by Crippen LogP contribution is -2.47. The molecule has 1 fully saturated rings. The molecule has 0 aromatic rings. The van der Waals surface area contributed by atoms with E-state index < -0.39 is 10.0 Å². The second-order valence-corrected chi connectivity index (χ2v) is 8.06. The summed E-state index contributed by atoms with van der Waals surface area (Å²) in [7, 11) is 0.328. The minimum Gasteiger partial charge on any atom is -0.378 e. The summed E-state index contributed by atoms with van der Waals surface area (Å²) in [6.07, 6.45) is 3.16. The number of nitrogens with one attached hydrogen (secondary N) is 1. The van der Waals surface area contributed by atoms with Crippen molar-refractivity contribution < 1.29 is 13.2 Å². The summed E-state index contributed by atoms with van der Waals surface area (Å²) in [5, 5.41) is 3.32. The van der Waals surface area contributed by atoms with Crippen LogP contribution in [0, 0.1) is 0 Å². The number of rotatable bonds is 8. The zero-order valence-corrected chi connectivity index (χ0v) is 18.5. The highest BCUT2D eigenvalue weighted by Gasteiger charge is 2.21. The number of ether oxygens (including phenoxy) is 1.